The van der Waals surface area contributed by atoms with Crippen LogP contribution in [0.3, 0.4) is 0 Å². The Bertz CT molecular complexity index is 1350. The molecule has 0 saturated heterocycles. The molecule has 0 aliphatic heterocycles. The highest BCUT2D eigenvalue weighted by Gasteiger charge is 2.23. The second-order valence-corrected chi connectivity index (χ2v) is 8.30. The predicted octanol–water partition coefficient (Wildman–Crippen LogP) is 5.18. The number of carboxylic acid groups (broad SMARTS) is 1. The van der Waals surface area contributed by atoms with Crippen molar-refractivity contribution in [2.75, 3.05) is 7.11 Å². The van der Waals surface area contributed by atoms with Gasteiger partial charge in [0.1, 0.15) is 28.1 Å². The number of hydrogen-bond acceptors (Lipinski definition) is 7. The summed E-state index contributed by atoms with van der Waals surface area (Å²) >= 11 is 0. The molecule has 3 aromatic rings. The first kappa shape index (κ1) is 26.3. The summed E-state index contributed by atoms with van der Waals surface area (Å²) in [6, 6.07) is 2.63. The molecule has 34 heavy (non-hydrogen) atoms. The van der Waals surface area contributed by atoms with E-state index in [-0.39, 0.29) is 56.9 Å². The van der Waals surface area contributed by atoms with Gasteiger partial charge >= 0.3 is 0 Å². The standard InChI is InChI=1S/C24H26O6.C2H4O2/c1-12(2)6-8-14-16(25)10-19-21(22(14)27)23(28)20-15(9-7-13(3)4)24(29-5)17(26)11-18(20)30-19;1-2(3)4/h6-7,10-11,25-27H,8-9H2,1-5H3;1H3,(H,3,4). The predicted molar refractivity (Wildman–Crippen MR) is 131 cm³/mol. The number of phenolic OH excluding ortho intramolecular Hbond substituents is 3. The Labute approximate surface area is 197 Å². The SMILES string of the molecule is CC(=O)O.COc1c(O)cc2oc3cc(O)c(CC=C(C)C)c(O)c3c(=O)c2c1CC=C(C)C. The molecule has 1 heterocycles. The maximum absolute atomic E-state index is 13.5. The molecule has 0 radical (unpaired) electrons. The van der Waals surface area contributed by atoms with Crippen molar-refractivity contribution in [2.24, 2.45) is 0 Å². The molecule has 0 aliphatic carbocycles. The van der Waals surface area contributed by atoms with Crippen LogP contribution in [0.15, 0.2) is 44.6 Å². The molecule has 0 unspecified atom stereocenters. The molecule has 0 bridgehead atoms. The molecule has 0 amide bonds. The van der Waals surface area contributed by atoms with Gasteiger partial charge in [-0.1, -0.05) is 23.3 Å². The molecular formula is C26H30O8. The third-order valence-electron chi connectivity index (χ3n) is 4.98. The molecule has 4 N–H and O–H groups in total. The maximum Gasteiger partial charge on any atom is 0.300 e. The van der Waals surface area contributed by atoms with Crippen molar-refractivity contribution in [1.29, 1.82) is 0 Å². The quantitative estimate of drug-likeness (QED) is 0.296. The van der Waals surface area contributed by atoms with Crippen LogP contribution in [0.1, 0.15) is 45.7 Å². The summed E-state index contributed by atoms with van der Waals surface area (Å²) < 4.78 is 11.2. The van der Waals surface area contributed by atoms with Crippen LogP contribution in [0.4, 0.5) is 0 Å². The first-order valence-electron chi connectivity index (χ1n) is 10.6. The highest BCUT2D eigenvalue weighted by atomic mass is 16.5. The number of carboxylic acids is 1. The Morgan fingerprint density at radius 2 is 1.35 bits per heavy atom. The van der Waals surface area contributed by atoms with E-state index in [4.69, 9.17) is 19.1 Å². The minimum atomic E-state index is -0.833. The van der Waals surface area contributed by atoms with Crippen LogP contribution in [0, 0.1) is 0 Å². The Morgan fingerprint density at radius 1 is 0.882 bits per heavy atom. The third-order valence-corrected chi connectivity index (χ3v) is 4.98. The highest BCUT2D eigenvalue weighted by molar-refractivity contribution is 5.97. The van der Waals surface area contributed by atoms with E-state index in [2.05, 4.69) is 0 Å². The van der Waals surface area contributed by atoms with Crippen molar-refractivity contribution in [3.63, 3.8) is 0 Å². The van der Waals surface area contributed by atoms with Crippen molar-refractivity contribution in [3.8, 4) is 23.0 Å². The molecule has 0 saturated carbocycles. The van der Waals surface area contributed by atoms with Crippen LogP contribution in [0.25, 0.3) is 21.9 Å². The number of carbonyl (C=O) groups is 1. The van der Waals surface area contributed by atoms with Crippen LogP contribution in [0.2, 0.25) is 0 Å². The summed E-state index contributed by atoms with van der Waals surface area (Å²) in [7, 11) is 1.42. The van der Waals surface area contributed by atoms with Gasteiger partial charge in [-0.05, 0) is 40.5 Å². The minimum Gasteiger partial charge on any atom is -0.507 e. The van der Waals surface area contributed by atoms with Gasteiger partial charge in [0.15, 0.2) is 11.5 Å². The number of rotatable bonds is 5. The molecule has 182 valence electrons. The Balaban J connectivity index is 0.000000945. The minimum absolute atomic E-state index is 0.0105. The van der Waals surface area contributed by atoms with Gasteiger partial charge in [0.2, 0.25) is 5.43 Å². The number of methoxy groups -OCH3 is 1. The maximum atomic E-state index is 13.5. The van der Waals surface area contributed by atoms with Gasteiger partial charge in [-0.3, -0.25) is 9.59 Å². The Morgan fingerprint density at radius 3 is 1.85 bits per heavy atom. The van der Waals surface area contributed by atoms with E-state index >= 15 is 0 Å². The fraction of sp³-hybridized carbons (Fsp3) is 0.308. The largest absolute Gasteiger partial charge is 0.507 e. The zero-order chi connectivity index (χ0) is 25.7. The highest BCUT2D eigenvalue weighted by Crippen LogP contribution is 2.40. The number of phenols is 3. The lowest BCUT2D eigenvalue weighted by atomic mass is 9.98. The topological polar surface area (TPSA) is 137 Å². The van der Waals surface area contributed by atoms with E-state index < -0.39 is 11.4 Å². The van der Waals surface area contributed by atoms with E-state index in [1.54, 1.807) is 0 Å². The second kappa shape index (κ2) is 10.8. The molecule has 3 rings (SSSR count). The summed E-state index contributed by atoms with van der Waals surface area (Å²) in [6.45, 7) is 8.76. The van der Waals surface area contributed by atoms with E-state index in [1.165, 1.54) is 19.2 Å². The normalized spacial score (nSPS) is 10.4. The summed E-state index contributed by atoms with van der Waals surface area (Å²) in [5, 5.41) is 39.2. The number of allylic oxidation sites excluding steroid dienone is 4. The van der Waals surface area contributed by atoms with E-state index in [0.29, 0.717) is 12.0 Å². The summed E-state index contributed by atoms with van der Waals surface area (Å²) in [5.74, 6) is -1.27. The molecule has 0 atom stereocenters. The van der Waals surface area contributed by atoms with Crippen LogP contribution >= 0.6 is 0 Å². The smallest absolute Gasteiger partial charge is 0.300 e. The molecule has 8 nitrogen and oxygen atoms in total. The van der Waals surface area contributed by atoms with Gasteiger partial charge in [0, 0.05) is 30.2 Å². The van der Waals surface area contributed by atoms with E-state index in [0.717, 1.165) is 18.1 Å². The van der Waals surface area contributed by atoms with Crippen molar-refractivity contribution >= 4 is 27.9 Å². The van der Waals surface area contributed by atoms with Crippen molar-refractivity contribution in [1.82, 2.24) is 0 Å². The lowest BCUT2D eigenvalue weighted by Gasteiger charge is -2.14. The van der Waals surface area contributed by atoms with Gasteiger partial charge in [0.05, 0.1) is 12.5 Å². The van der Waals surface area contributed by atoms with Gasteiger partial charge in [-0.15, -0.1) is 0 Å². The molecule has 0 fully saturated rings. The molecular weight excluding hydrogens is 440 g/mol. The average molecular weight is 471 g/mol. The number of aromatic hydroxyl groups is 3. The lowest BCUT2D eigenvalue weighted by Crippen LogP contribution is -2.08. The zero-order valence-electron chi connectivity index (χ0n) is 20.1. The van der Waals surface area contributed by atoms with Gasteiger partial charge in [0.25, 0.3) is 5.97 Å². The Kier molecular flexibility index (Phi) is 8.35. The molecule has 8 heteroatoms. The summed E-state index contributed by atoms with van der Waals surface area (Å²) in [6.07, 6.45) is 4.38. The van der Waals surface area contributed by atoms with Crippen LogP contribution in [0.5, 0.6) is 23.0 Å². The molecule has 1 aromatic heterocycles. The Hall–Kier alpha value is -3.94. The van der Waals surface area contributed by atoms with Gasteiger partial charge in [-0.25, -0.2) is 0 Å². The number of aliphatic carboxylic acids is 1. The number of ether oxygens (including phenoxy) is 1. The summed E-state index contributed by atoms with van der Waals surface area (Å²) in [4.78, 5) is 22.5. The van der Waals surface area contributed by atoms with E-state index in [9.17, 15) is 20.1 Å². The fourth-order valence-corrected chi connectivity index (χ4v) is 3.46. The third kappa shape index (κ3) is 5.70. The molecule has 0 aliphatic rings. The van der Waals surface area contributed by atoms with Crippen LogP contribution < -0.4 is 10.2 Å². The number of hydrogen-bond donors (Lipinski definition) is 4. The van der Waals surface area contributed by atoms with Crippen molar-refractivity contribution in [2.45, 2.75) is 47.5 Å². The molecule has 0 spiro atoms. The molecule has 2 aromatic carbocycles. The van der Waals surface area contributed by atoms with Crippen LogP contribution in [-0.4, -0.2) is 33.5 Å². The summed E-state index contributed by atoms with van der Waals surface area (Å²) in [5.41, 5.74) is 2.53. The zero-order valence-corrected chi connectivity index (χ0v) is 20.1. The number of fused-ring (bicyclic) bond motifs is 2. The second-order valence-electron chi connectivity index (χ2n) is 8.30. The van der Waals surface area contributed by atoms with E-state index in [1.807, 2.05) is 39.8 Å². The monoisotopic (exact) mass is 470 g/mol. The fourth-order valence-electron chi connectivity index (χ4n) is 3.46. The average Bonchev–Trinajstić information content (AvgIpc) is 2.70. The van der Waals surface area contributed by atoms with Gasteiger partial charge < -0.3 is 29.6 Å². The van der Waals surface area contributed by atoms with Crippen molar-refractivity contribution < 1.29 is 34.4 Å². The van der Waals surface area contributed by atoms with Gasteiger partial charge in [-0.2, -0.15) is 0 Å². The first-order chi connectivity index (χ1) is 15.9. The lowest BCUT2D eigenvalue weighted by molar-refractivity contribution is -0.134. The van der Waals surface area contributed by atoms with Crippen molar-refractivity contribution in [3.05, 3.63) is 56.8 Å². The first-order valence-corrected chi connectivity index (χ1v) is 10.6. The number of benzene rings is 2. The van der Waals surface area contributed by atoms with Crippen LogP contribution in [-0.2, 0) is 17.6 Å².